The van der Waals surface area contributed by atoms with E-state index in [1.165, 1.54) is 18.5 Å². The van der Waals surface area contributed by atoms with Crippen molar-refractivity contribution in [2.24, 2.45) is 0 Å². The van der Waals surface area contributed by atoms with Gasteiger partial charge in [0.05, 0.1) is 32.3 Å². The van der Waals surface area contributed by atoms with Crippen LogP contribution in [-0.2, 0) is 10.8 Å². The Labute approximate surface area is 144 Å². The van der Waals surface area contributed by atoms with E-state index in [1.807, 2.05) is 0 Å². The first-order valence-corrected chi connectivity index (χ1v) is 8.81. The number of halogens is 2. The second-order valence-electron chi connectivity index (χ2n) is 4.97. The van der Waals surface area contributed by atoms with Gasteiger partial charge in [0.1, 0.15) is 12.1 Å². The number of aromatic nitrogens is 2. The van der Waals surface area contributed by atoms with E-state index in [1.54, 1.807) is 25.1 Å². The third kappa shape index (κ3) is 3.18. The summed E-state index contributed by atoms with van der Waals surface area (Å²) in [7, 11) is -1.24. The zero-order valence-electron chi connectivity index (χ0n) is 12.6. The maximum Gasteiger partial charge on any atom is 0.280 e. The summed E-state index contributed by atoms with van der Waals surface area (Å²) in [5, 5.41) is 0.576. The fraction of sp³-hybridized carbons (Fsp3) is 0.125. The predicted octanol–water partition coefficient (Wildman–Crippen LogP) is 3.19. The van der Waals surface area contributed by atoms with Gasteiger partial charge in [-0.25, -0.2) is 14.1 Å². The topological polar surface area (TPSA) is 64.0 Å². The third-order valence-electron chi connectivity index (χ3n) is 3.41. The fourth-order valence-corrected chi connectivity index (χ4v) is 3.30. The molecule has 0 aliphatic rings. The SMILES string of the molecule is CCS(=O)c1ccc(Cl)cc1Nn1cnc2ccc(F)cc2c1=O. The van der Waals surface area contributed by atoms with Gasteiger partial charge in [-0.3, -0.25) is 14.4 Å². The molecule has 0 bridgehead atoms. The van der Waals surface area contributed by atoms with Crippen LogP contribution in [0.5, 0.6) is 0 Å². The predicted molar refractivity (Wildman–Crippen MR) is 93.4 cm³/mol. The molecule has 0 aliphatic carbocycles. The van der Waals surface area contributed by atoms with Crippen LogP contribution in [0.2, 0.25) is 5.02 Å². The first-order valence-electron chi connectivity index (χ1n) is 7.11. The third-order valence-corrected chi connectivity index (χ3v) is 5.02. The molecule has 8 heteroatoms. The van der Waals surface area contributed by atoms with Crippen molar-refractivity contribution in [1.82, 2.24) is 9.66 Å². The summed E-state index contributed by atoms with van der Waals surface area (Å²) in [5.41, 5.74) is 3.21. The molecular weight excluding hydrogens is 353 g/mol. The van der Waals surface area contributed by atoms with E-state index in [-0.39, 0.29) is 5.39 Å². The summed E-state index contributed by atoms with van der Waals surface area (Å²) in [6.45, 7) is 1.79. The van der Waals surface area contributed by atoms with Gasteiger partial charge in [0.25, 0.3) is 5.56 Å². The number of rotatable bonds is 4. The Morgan fingerprint density at radius 1 is 1.29 bits per heavy atom. The number of nitrogens with zero attached hydrogens (tertiary/aromatic N) is 2. The van der Waals surface area contributed by atoms with Crippen molar-refractivity contribution in [3.05, 3.63) is 63.9 Å². The Bertz CT molecular complexity index is 1010. The van der Waals surface area contributed by atoms with Gasteiger partial charge in [-0.2, -0.15) is 0 Å². The highest BCUT2D eigenvalue weighted by molar-refractivity contribution is 7.85. The molecular formula is C16H13ClFN3O2S. The van der Waals surface area contributed by atoms with Gasteiger partial charge in [0.15, 0.2) is 0 Å². The molecule has 3 rings (SSSR count). The minimum Gasteiger partial charge on any atom is -0.289 e. The summed E-state index contributed by atoms with van der Waals surface area (Å²) in [5.74, 6) is -0.0958. The second-order valence-corrected chi connectivity index (χ2v) is 7.11. The molecule has 0 spiro atoms. The lowest BCUT2D eigenvalue weighted by Crippen LogP contribution is -2.27. The molecule has 0 fully saturated rings. The van der Waals surface area contributed by atoms with E-state index in [0.29, 0.717) is 26.9 Å². The molecule has 5 nitrogen and oxygen atoms in total. The van der Waals surface area contributed by atoms with Gasteiger partial charge in [-0.05, 0) is 36.4 Å². The molecule has 124 valence electrons. The average molecular weight is 366 g/mol. The second kappa shape index (κ2) is 6.70. The van der Waals surface area contributed by atoms with Crippen molar-refractivity contribution in [2.45, 2.75) is 11.8 Å². The van der Waals surface area contributed by atoms with E-state index >= 15 is 0 Å². The van der Waals surface area contributed by atoms with Crippen molar-refractivity contribution in [1.29, 1.82) is 0 Å². The van der Waals surface area contributed by atoms with Crippen LogP contribution in [0.15, 0.2) is 52.4 Å². The van der Waals surface area contributed by atoms with Crippen LogP contribution in [0.3, 0.4) is 0 Å². The molecule has 0 aliphatic heterocycles. The summed E-state index contributed by atoms with van der Waals surface area (Å²) < 4.78 is 26.7. The minimum atomic E-state index is -1.24. The highest BCUT2D eigenvalue weighted by Gasteiger charge is 2.11. The lowest BCUT2D eigenvalue weighted by atomic mass is 10.2. The molecule has 24 heavy (non-hydrogen) atoms. The summed E-state index contributed by atoms with van der Waals surface area (Å²) >= 11 is 6.00. The lowest BCUT2D eigenvalue weighted by Gasteiger charge is -2.13. The van der Waals surface area contributed by atoms with Gasteiger partial charge in [-0.1, -0.05) is 18.5 Å². The monoisotopic (exact) mass is 365 g/mol. The largest absolute Gasteiger partial charge is 0.289 e. The number of nitrogens with one attached hydrogen (secondary N) is 1. The van der Waals surface area contributed by atoms with Crippen LogP contribution < -0.4 is 11.0 Å². The Morgan fingerprint density at radius 2 is 2.08 bits per heavy atom. The van der Waals surface area contributed by atoms with Crippen LogP contribution in [0.25, 0.3) is 10.9 Å². The number of hydrogen-bond donors (Lipinski definition) is 1. The molecule has 1 atom stereocenters. The summed E-state index contributed by atoms with van der Waals surface area (Å²) in [6, 6.07) is 8.66. The molecule has 0 amide bonds. The van der Waals surface area contributed by atoms with E-state index in [0.717, 1.165) is 10.7 Å². The number of hydrogen-bond acceptors (Lipinski definition) is 4. The summed E-state index contributed by atoms with van der Waals surface area (Å²) in [6.07, 6.45) is 1.29. The first-order chi connectivity index (χ1) is 11.5. The molecule has 0 saturated heterocycles. The van der Waals surface area contributed by atoms with Crippen molar-refractivity contribution in [3.63, 3.8) is 0 Å². The van der Waals surface area contributed by atoms with Crippen LogP contribution in [0, 0.1) is 5.82 Å². The average Bonchev–Trinajstić information content (AvgIpc) is 2.57. The Kier molecular flexibility index (Phi) is 4.64. The van der Waals surface area contributed by atoms with Gasteiger partial charge in [-0.15, -0.1) is 0 Å². The summed E-state index contributed by atoms with van der Waals surface area (Å²) in [4.78, 5) is 17.1. The molecule has 1 aromatic heterocycles. The van der Waals surface area contributed by atoms with Crippen LogP contribution in [0.1, 0.15) is 6.92 Å². The molecule has 3 aromatic rings. The van der Waals surface area contributed by atoms with E-state index in [9.17, 15) is 13.4 Å². The van der Waals surface area contributed by atoms with Crippen molar-refractivity contribution in [2.75, 3.05) is 11.2 Å². The smallest absolute Gasteiger partial charge is 0.280 e. The zero-order valence-corrected chi connectivity index (χ0v) is 14.2. The van der Waals surface area contributed by atoms with Crippen LogP contribution >= 0.6 is 11.6 Å². The van der Waals surface area contributed by atoms with Gasteiger partial charge in [0, 0.05) is 10.8 Å². The van der Waals surface area contributed by atoms with Gasteiger partial charge in [0.2, 0.25) is 0 Å². The fourth-order valence-electron chi connectivity index (χ4n) is 2.25. The van der Waals surface area contributed by atoms with Crippen LogP contribution in [-0.4, -0.2) is 19.6 Å². The molecule has 1 unspecified atom stereocenters. The Hall–Kier alpha value is -2.25. The zero-order chi connectivity index (χ0) is 17.3. The van der Waals surface area contributed by atoms with E-state index < -0.39 is 22.2 Å². The highest BCUT2D eigenvalue weighted by atomic mass is 35.5. The molecule has 0 saturated carbocycles. The van der Waals surface area contributed by atoms with Crippen LogP contribution in [0.4, 0.5) is 10.1 Å². The quantitative estimate of drug-likeness (QED) is 0.771. The molecule has 0 radical (unpaired) electrons. The Balaban J connectivity index is 2.11. The lowest BCUT2D eigenvalue weighted by molar-refractivity contribution is 0.629. The normalized spacial score (nSPS) is 12.3. The number of anilines is 1. The van der Waals surface area contributed by atoms with Gasteiger partial charge >= 0.3 is 0 Å². The van der Waals surface area contributed by atoms with Gasteiger partial charge < -0.3 is 0 Å². The number of fused-ring (bicyclic) bond motifs is 1. The number of benzene rings is 2. The molecule has 2 aromatic carbocycles. The Morgan fingerprint density at radius 3 is 2.83 bits per heavy atom. The van der Waals surface area contributed by atoms with Crippen molar-refractivity contribution >= 4 is 39.0 Å². The van der Waals surface area contributed by atoms with E-state index in [4.69, 9.17) is 11.6 Å². The molecule has 1 heterocycles. The van der Waals surface area contributed by atoms with Crippen molar-refractivity contribution in [3.8, 4) is 0 Å². The first kappa shape index (κ1) is 16.6. The highest BCUT2D eigenvalue weighted by Crippen LogP contribution is 2.24. The molecule has 1 N–H and O–H groups in total. The standard InChI is InChI=1S/C16H13ClFN3O2S/c1-2-24(23)15-6-3-10(17)7-14(15)20-21-9-19-13-5-4-11(18)8-12(13)16(21)22/h3-9,20H,2H2,1H3. The maximum absolute atomic E-state index is 13.4. The maximum atomic E-state index is 13.4. The van der Waals surface area contributed by atoms with E-state index in [2.05, 4.69) is 10.4 Å². The minimum absolute atomic E-state index is 0.144. The van der Waals surface area contributed by atoms with Crippen molar-refractivity contribution < 1.29 is 8.60 Å².